The van der Waals surface area contributed by atoms with Gasteiger partial charge in [-0.3, -0.25) is 4.79 Å². The van der Waals surface area contributed by atoms with Crippen molar-refractivity contribution in [3.63, 3.8) is 0 Å². The molecular formula is C19H23ClN3OS+. The highest BCUT2D eigenvalue weighted by molar-refractivity contribution is 8.00. The summed E-state index contributed by atoms with van der Waals surface area (Å²) in [5, 5.41) is 3.77. The van der Waals surface area contributed by atoms with Gasteiger partial charge in [0.2, 0.25) is 5.91 Å². The summed E-state index contributed by atoms with van der Waals surface area (Å²) < 4.78 is 0. The zero-order valence-corrected chi connectivity index (χ0v) is 15.9. The third kappa shape index (κ3) is 5.14. The largest absolute Gasteiger partial charge is 0.359 e. The van der Waals surface area contributed by atoms with Crippen molar-refractivity contribution < 1.29 is 9.69 Å². The molecule has 6 heteroatoms. The highest BCUT2D eigenvalue weighted by Gasteiger charge is 2.19. The molecule has 2 aromatic rings. The number of nitrogens with one attached hydrogen (secondary N) is 2. The topological polar surface area (TPSA) is 36.8 Å². The van der Waals surface area contributed by atoms with Gasteiger partial charge in [-0.05, 0) is 36.4 Å². The molecule has 0 unspecified atom stereocenters. The maximum Gasteiger partial charge on any atom is 0.234 e. The number of hydrogen-bond donors (Lipinski definition) is 2. The van der Waals surface area contributed by atoms with Crippen LogP contribution in [-0.4, -0.2) is 44.9 Å². The molecule has 0 atom stereocenters. The van der Waals surface area contributed by atoms with Crippen molar-refractivity contribution in [2.45, 2.75) is 4.90 Å². The van der Waals surface area contributed by atoms with Gasteiger partial charge in [-0.15, -0.1) is 11.8 Å². The number of anilines is 2. The molecule has 1 fully saturated rings. The molecule has 1 aliphatic rings. The van der Waals surface area contributed by atoms with Crippen LogP contribution in [0.15, 0.2) is 53.4 Å². The number of para-hydroxylation sites is 2. The van der Waals surface area contributed by atoms with Crippen LogP contribution in [0, 0.1) is 0 Å². The lowest BCUT2D eigenvalue weighted by Crippen LogP contribution is -3.12. The van der Waals surface area contributed by atoms with E-state index in [0.29, 0.717) is 10.8 Å². The van der Waals surface area contributed by atoms with E-state index in [4.69, 9.17) is 11.6 Å². The van der Waals surface area contributed by atoms with Crippen molar-refractivity contribution in [3.05, 3.63) is 53.6 Å². The summed E-state index contributed by atoms with van der Waals surface area (Å²) in [6.07, 6.45) is 0. The minimum absolute atomic E-state index is 0.00662. The van der Waals surface area contributed by atoms with Crippen LogP contribution in [0.25, 0.3) is 0 Å². The number of halogens is 1. The SMILES string of the molecule is C[NH+]1CCN(c2ccccc2NC(=O)CSc2ccc(Cl)cc2)CC1. The number of carbonyl (C=O) groups excluding carboxylic acids is 1. The zero-order chi connectivity index (χ0) is 17.6. The maximum atomic E-state index is 12.4. The molecule has 0 radical (unpaired) electrons. The molecule has 25 heavy (non-hydrogen) atoms. The normalized spacial score (nSPS) is 15.2. The number of amides is 1. The van der Waals surface area contributed by atoms with E-state index in [1.807, 2.05) is 42.5 Å². The van der Waals surface area contributed by atoms with Crippen LogP contribution in [0.5, 0.6) is 0 Å². The number of nitrogens with zero attached hydrogens (tertiary/aromatic N) is 1. The first-order valence-electron chi connectivity index (χ1n) is 8.45. The summed E-state index contributed by atoms with van der Waals surface area (Å²) >= 11 is 7.40. The predicted molar refractivity (Wildman–Crippen MR) is 106 cm³/mol. The molecule has 0 bridgehead atoms. The number of rotatable bonds is 5. The smallest absolute Gasteiger partial charge is 0.234 e. The molecule has 0 aromatic heterocycles. The Bertz CT molecular complexity index is 715. The van der Waals surface area contributed by atoms with Crippen LogP contribution in [0.2, 0.25) is 5.02 Å². The van der Waals surface area contributed by atoms with Gasteiger partial charge in [-0.2, -0.15) is 0 Å². The van der Waals surface area contributed by atoms with Gasteiger partial charge in [0.15, 0.2) is 0 Å². The first kappa shape index (κ1) is 18.1. The molecule has 132 valence electrons. The highest BCUT2D eigenvalue weighted by atomic mass is 35.5. The first-order chi connectivity index (χ1) is 12.1. The minimum atomic E-state index is 0.00662. The average molecular weight is 377 g/mol. The van der Waals surface area contributed by atoms with Crippen LogP contribution in [-0.2, 0) is 4.79 Å². The van der Waals surface area contributed by atoms with Crippen LogP contribution in [0.3, 0.4) is 0 Å². The summed E-state index contributed by atoms with van der Waals surface area (Å²) in [6.45, 7) is 4.26. The summed E-state index contributed by atoms with van der Waals surface area (Å²) in [6, 6.07) is 15.6. The fraction of sp³-hybridized carbons (Fsp3) is 0.316. The Labute approximate surface area is 158 Å². The number of hydrogen-bond acceptors (Lipinski definition) is 3. The van der Waals surface area contributed by atoms with Crippen molar-refractivity contribution in [2.24, 2.45) is 0 Å². The summed E-state index contributed by atoms with van der Waals surface area (Å²) in [4.78, 5) is 17.3. The van der Waals surface area contributed by atoms with Gasteiger partial charge in [0.1, 0.15) is 0 Å². The lowest BCUT2D eigenvalue weighted by molar-refractivity contribution is -0.880. The summed E-state index contributed by atoms with van der Waals surface area (Å²) in [7, 11) is 2.22. The number of quaternary nitrogens is 1. The molecule has 2 aromatic carbocycles. The van der Waals surface area contributed by atoms with Gasteiger partial charge in [-0.1, -0.05) is 23.7 Å². The molecule has 4 nitrogen and oxygen atoms in total. The highest BCUT2D eigenvalue weighted by Crippen LogP contribution is 2.26. The van der Waals surface area contributed by atoms with Gasteiger partial charge in [0.25, 0.3) is 0 Å². The first-order valence-corrected chi connectivity index (χ1v) is 9.81. The molecule has 1 aliphatic heterocycles. The van der Waals surface area contributed by atoms with Gasteiger partial charge in [0, 0.05) is 9.92 Å². The van der Waals surface area contributed by atoms with E-state index in [1.54, 1.807) is 4.90 Å². The van der Waals surface area contributed by atoms with Gasteiger partial charge >= 0.3 is 0 Å². The lowest BCUT2D eigenvalue weighted by atomic mass is 10.2. The number of benzene rings is 2. The van der Waals surface area contributed by atoms with E-state index in [-0.39, 0.29) is 5.91 Å². The third-order valence-electron chi connectivity index (χ3n) is 4.32. The van der Waals surface area contributed by atoms with E-state index in [9.17, 15) is 4.79 Å². The standard InChI is InChI=1S/C19H22ClN3OS/c1-22-10-12-23(13-11-22)18-5-3-2-4-17(18)21-19(24)14-25-16-8-6-15(20)7-9-16/h2-9H,10-14H2,1H3,(H,21,24)/p+1. The molecule has 0 saturated carbocycles. The Morgan fingerprint density at radius 3 is 2.56 bits per heavy atom. The predicted octanol–water partition coefficient (Wildman–Crippen LogP) is 2.41. The van der Waals surface area contributed by atoms with Crippen LogP contribution < -0.4 is 15.1 Å². The molecule has 0 spiro atoms. The Morgan fingerprint density at radius 2 is 1.84 bits per heavy atom. The fourth-order valence-electron chi connectivity index (χ4n) is 2.85. The molecule has 1 saturated heterocycles. The monoisotopic (exact) mass is 376 g/mol. The van der Waals surface area contributed by atoms with Gasteiger partial charge < -0.3 is 15.1 Å². The maximum absolute atomic E-state index is 12.4. The Balaban J connectivity index is 1.60. The van der Waals surface area contributed by atoms with Crippen molar-refractivity contribution >= 4 is 40.6 Å². The lowest BCUT2D eigenvalue weighted by Gasteiger charge is -2.33. The average Bonchev–Trinajstić information content (AvgIpc) is 2.63. The summed E-state index contributed by atoms with van der Waals surface area (Å²) in [5.74, 6) is 0.384. The Morgan fingerprint density at radius 1 is 1.16 bits per heavy atom. The molecule has 2 N–H and O–H groups in total. The van der Waals surface area contributed by atoms with Crippen LogP contribution >= 0.6 is 23.4 Å². The molecule has 1 amide bonds. The quantitative estimate of drug-likeness (QED) is 0.787. The number of thioether (sulfide) groups is 1. The number of piperazine rings is 1. The van der Waals surface area contributed by atoms with Crippen molar-refractivity contribution in [1.82, 2.24) is 0 Å². The van der Waals surface area contributed by atoms with E-state index in [1.165, 1.54) is 11.8 Å². The second-order valence-corrected chi connectivity index (χ2v) is 7.74. The number of likely N-dealkylation sites (N-methyl/N-ethyl adjacent to an activating group) is 1. The molecule has 3 rings (SSSR count). The second kappa shape index (κ2) is 8.61. The molecule has 1 heterocycles. The zero-order valence-electron chi connectivity index (χ0n) is 14.3. The molecule has 0 aliphatic carbocycles. The Hall–Kier alpha value is -1.69. The third-order valence-corrected chi connectivity index (χ3v) is 5.58. The summed E-state index contributed by atoms with van der Waals surface area (Å²) in [5.41, 5.74) is 2.00. The fourth-order valence-corrected chi connectivity index (χ4v) is 3.67. The van der Waals surface area contributed by atoms with E-state index in [0.717, 1.165) is 42.4 Å². The van der Waals surface area contributed by atoms with E-state index in [2.05, 4.69) is 23.3 Å². The van der Waals surface area contributed by atoms with Crippen molar-refractivity contribution in [1.29, 1.82) is 0 Å². The number of carbonyl (C=O) groups is 1. The van der Waals surface area contributed by atoms with Crippen molar-refractivity contribution in [3.8, 4) is 0 Å². The van der Waals surface area contributed by atoms with Crippen LogP contribution in [0.4, 0.5) is 11.4 Å². The Kier molecular flexibility index (Phi) is 6.24. The van der Waals surface area contributed by atoms with Gasteiger partial charge in [0.05, 0.1) is 50.4 Å². The van der Waals surface area contributed by atoms with Crippen molar-refractivity contribution in [2.75, 3.05) is 49.2 Å². The van der Waals surface area contributed by atoms with Crippen LogP contribution in [0.1, 0.15) is 0 Å². The minimum Gasteiger partial charge on any atom is -0.359 e. The molecular weight excluding hydrogens is 354 g/mol. The second-order valence-electron chi connectivity index (χ2n) is 6.25. The van der Waals surface area contributed by atoms with E-state index < -0.39 is 0 Å². The van der Waals surface area contributed by atoms with Gasteiger partial charge in [-0.25, -0.2) is 0 Å². The van der Waals surface area contributed by atoms with E-state index >= 15 is 0 Å².